The largest absolute Gasteiger partial charge is 0.495 e. The minimum Gasteiger partial charge on any atom is -0.331 e. The molecule has 2 heterocycles. The van der Waals surface area contributed by atoms with Gasteiger partial charge < -0.3 is 10.6 Å². The number of hydrogen-bond acceptors (Lipinski definition) is 5. The normalized spacial score (nSPS) is 12.4. The van der Waals surface area contributed by atoms with Gasteiger partial charge in [-0.05, 0) is 40.1 Å². The highest BCUT2D eigenvalue weighted by Crippen LogP contribution is 2.25. The van der Waals surface area contributed by atoms with Crippen molar-refractivity contribution in [3.63, 3.8) is 0 Å². The minimum absolute atomic E-state index is 0.0417. The number of aromatic nitrogens is 3. The maximum Gasteiger partial charge on any atom is 0.495 e. The quantitative estimate of drug-likeness (QED) is 0.277. The average Bonchev–Trinajstić information content (AvgIpc) is 3.51. The SMILES string of the molecule is CC(NC(=O)Nc1ccc2[nH]c(-c3cscn3)[n+](OC(=O)C(F)(F)F)c2c1)c1cccc2ccccc12. The number of carbonyl (C=O) groups is 2. The Hall–Kier alpha value is -4.45. The van der Waals surface area contributed by atoms with Crippen molar-refractivity contribution in [1.29, 1.82) is 0 Å². The standard InChI is InChI=1S/C25H18F3N5O3S/c1-14(17-8-4-6-15-5-2-3-7-18(15)17)30-24(35)31-16-9-10-19-21(11-16)33(36-23(34)25(26,27)28)22(32-19)20-12-37-13-29-20/h2-14H,1H3,(H2,30,31,35)/p+1. The number of amides is 2. The molecule has 0 saturated heterocycles. The number of alkyl halides is 3. The van der Waals surface area contributed by atoms with Crippen LogP contribution in [-0.4, -0.2) is 28.1 Å². The molecule has 5 rings (SSSR count). The summed E-state index contributed by atoms with van der Waals surface area (Å²) in [6.07, 6.45) is -5.20. The van der Waals surface area contributed by atoms with Crippen LogP contribution in [0.3, 0.4) is 0 Å². The van der Waals surface area contributed by atoms with Crippen LogP contribution in [0.5, 0.6) is 0 Å². The molecule has 1 atom stereocenters. The summed E-state index contributed by atoms with van der Waals surface area (Å²) in [6.45, 7) is 1.85. The number of thiazole rings is 1. The average molecular weight is 527 g/mol. The third-order valence-electron chi connectivity index (χ3n) is 5.65. The Morgan fingerprint density at radius 3 is 2.65 bits per heavy atom. The Morgan fingerprint density at radius 1 is 1.11 bits per heavy atom. The second-order valence-corrected chi connectivity index (χ2v) is 8.86. The number of rotatable bonds is 5. The van der Waals surface area contributed by atoms with Gasteiger partial charge in [0.25, 0.3) is 0 Å². The number of halogens is 3. The molecule has 3 N–H and O–H groups in total. The summed E-state index contributed by atoms with van der Waals surface area (Å²) in [4.78, 5) is 36.1. The van der Waals surface area contributed by atoms with Gasteiger partial charge in [0.05, 0.1) is 11.6 Å². The molecular formula is C25H19F3N5O3S+. The molecule has 37 heavy (non-hydrogen) atoms. The molecule has 1 unspecified atom stereocenters. The van der Waals surface area contributed by atoms with Crippen molar-refractivity contribution in [1.82, 2.24) is 15.3 Å². The van der Waals surface area contributed by atoms with Gasteiger partial charge in [-0.3, -0.25) is 0 Å². The molecule has 188 valence electrons. The van der Waals surface area contributed by atoms with Gasteiger partial charge in [0.2, 0.25) is 5.52 Å². The molecule has 0 aliphatic carbocycles. The van der Waals surface area contributed by atoms with Gasteiger partial charge in [0.15, 0.2) is 11.2 Å². The Balaban J connectivity index is 1.42. The smallest absolute Gasteiger partial charge is 0.331 e. The molecule has 12 heteroatoms. The second-order valence-electron chi connectivity index (χ2n) is 8.14. The van der Waals surface area contributed by atoms with Crippen LogP contribution in [0.1, 0.15) is 18.5 Å². The highest BCUT2D eigenvalue weighted by Gasteiger charge is 2.44. The van der Waals surface area contributed by atoms with Crippen molar-refractivity contribution in [2.45, 2.75) is 19.1 Å². The van der Waals surface area contributed by atoms with Crippen LogP contribution >= 0.6 is 11.3 Å². The number of aromatic amines is 1. The summed E-state index contributed by atoms with van der Waals surface area (Å²) < 4.78 is 39.6. The van der Waals surface area contributed by atoms with E-state index in [1.165, 1.54) is 22.9 Å². The van der Waals surface area contributed by atoms with Crippen molar-refractivity contribution >= 4 is 50.8 Å². The first-order valence-electron chi connectivity index (χ1n) is 11.0. The molecule has 3 aromatic carbocycles. The zero-order valence-corrected chi connectivity index (χ0v) is 20.0. The number of fused-ring (bicyclic) bond motifs is 2. The number of nitrogens with zero attached hydrogens (tertiary/aromatic N) is 2. The van der Waals surface area contributed by atoms with Crippen LogP contribution < -0.4 is 20.2 Å². The van der Waals surface area contributed by atoms with Crippen LogP contribution in [0.15, 0.2) is 71.6 Å². The summed E-state index contributed by atoms with van der Waals surface area (Å²) in [5.41, 5.74) is 3.45. The van der Waals surface area contributed by atoms with Gasteiger partial charge in [0, 0.05) is 17.1 Å². The number of imidazole rings is 1. The molecule has 0 aliphatic heterocycles. The molecule has 2 amide bonds. The van der Waals surface area contributed by atoms with Gasteiger partial charge in [-0.15, -0.1) is 11.3 Å². The molecule has 0 aliphatic rings. The lowest BCUT2D eigenvalue weighted by atomic mass is 10.00. The summed E-state index contributed by atoms with van der Waals surface area (Å²) in [7, 11) is 0. The molecule has 0 saturated carbocycles. The van der Waals surface area contributed by atoms with E-state index in [-0.39, 0.29) is 28.8 Å². The van der Waals surface area contributed by atoms with E-state index in [1.54, 1.807) is 17.5 Å². The van der Waals surface area contributed by atoms with E-state index in [9.17, 15) is 22.8 Å². The first kappa shape index (κ1) is 24.3. The van der Waals surface area contributed by atoms with Gasteiger partial charge in [-0.1, -0.05) is 42.5 Å². The van der Waals surface area contributed by atoms with Gasteiger partial charge in [-0.25, -0.2) is 24.4 Å². The van der Waals surface area contributed by atoms with E-state index in [4.69, 9.17) is 0 Å². The van der Waals surface area contributed by atoms with E-state index in [0.717, 1.165) is 21.1 Å². The molecule has 8 nitrogen and oxygen atoms in total. The van der Waals surface area contributed by atoms with Gasteiger partial charge >= 0.3 is 24.0 Å². The molecule has 0 radical (unpaired) electrons. The lowest BCUT2D eigenvalue weighted by molar-refractivity contribution is -0.841. The van der Waals surface area contributed by atoms with Gasteiger partial charge in [0.1, 0.15) is 0 Å². The predicted octanol–water partition coefficient (Wildman–Crippen LogP) is 5.13. The van der Waals surface area contributed by atoms with Gasteiger partial charge in [-0.2, -0.15) is 13.2 Å². The zero-order valence-electron chi connectivity index (χ0n) is 19.2. The van der Waals surface area contributed by atoms with E-state index >= 15 is 0 Å². The summed E-state index contributed by atoms with van der Waals surface area (Å²) in [6, 6.07) is 17.3. The van der Waals surface area contributed by atoms with Crippen molar-refractivity contribution in [3.8, 4) is 11.5 Å². The topological polar surface area (TPSA) is 100.0 Å². The number of carbonyl (C=O) groups excluding carboxylic acids is 2. The summed E-state index contributed by atoms with van der Waals surface area (Å²) >= 11 is 1.22. The molecule has 5 aromatic rings. The number of hydrogen-bond donors (Lipinski definition) is 3. The van der Waals surface area contributed by atoms with E-state index in [1.807, 2.05) is 49.4 Å². The maximum absolute atomic E-state index is 12.9. The third kappa shape index (κ3) is 4.96. The lowest BCUT2D eigenvalue weighted by Gasteiger charge is -2.17. The third-order valence-corrected chi connectivity index (χ3v) is 6.24. The van der Waals surface area contributed by atoms with Crippen molar-refractivity contribution < 1.29 is 32.3 Å². The minimum atomic E-state index is -5.20. The Labute approximate surface area is 211 Å². The Kier molecular flexibility index (Phi) is 6.25. The lowest BCUT2D eigenvalue weighted by Crippen LogP contribution is -2.51. The van der Waals surface area contributed by atoms with Crippen LogP contribution in [0.4, 0.5) is 23.7 Å². The molecule has 2 aromatic heterocycles. The monoisotopic (exact) mass is 526 g/mol. The number of anilines is 1. The maximum atomic E-state index is 12.9. The first-order chi connectivity index (χ1) is 17.7. The van der Waals surface area contributed by atoms with E-state index in [0.29, 0.717) is 5.52 Å². The Bertz CT molecular complexity index is 1610. The van der Waals surface area contributed by atoms with Crippen LogP contribution in [0.2, 0.25) is 0 Å². The molecule has 0 fully saturated rings. The predicted molar refractivity (Wildman–Crippen MR) is 132 cm³/mol. The highest BCUT2D eigenvalue weighted by molar-refractivity contribution is 7.07. The number of nitrogens with one attached hydrogen (secondary N) is 3. The number of benzene rings is 3. The molecular weight excluding hydrogens is 507 g/mol. The fourth-order valence-corrected chi connectivity index (χ4v) is 4.52. The van der Waals surface area contributed by atoms with Crippen LogP contribution in [-0.2, 0) is 4.79 Å². The van der Waals surface area contributed by atoms with Crippen molar-refractivity contribution in [2.75, 3.05) is 5.32 Å². The van der Waals surface area contributed by atoms with E-state index in [2.05, 4.69) is 25.4 Å². The summed E-state index contributed by atoms with van der Waals surface area (Å²) in [5.74, 6) is -2.35. The van der Waals surface area contributed by atoms with E-state index < -0.39 is 18.2 Å². The fourth-order valence-electron chi connectivity index (χ4n) is 3.98. The fraction of sp³-hybridized carbons (Fsp3) is 0.120. The Morgan fingerprint density at radius 2 is 1.89 bits per heavy atom. The molecule has 0 bridgehead atoms. The van der Waals surface area contributed by atoms with Crippen LogP contribution in [0, 0.1) is 0 Å². The zero-order chi connectivity index (χ0) is 26.2. The second kappa shape index (κ2) is 9.54. The number of H-pyrrole nitrogens is 1. The highest BCUT2D eigenvalue weighted by atomic mass is 32.1. The number of urea groups is 1. The molecule has 0 spiro atoms. The van der Waals surface area contributed by atoms with Crippen molar-refractivity contribution in [3.05, 3.63) is 77.1 Å². The van der Waals surface area contributed by atoms with Crippen LogP contribution in [0.25, 0.3) is 33.3 Å². The first-order valence-corrected chi connectivity index (χ1v) is 12.0. The van der Waals surface area contributed by atoms with Crippen molar-refractivity contribution in [2.24, 2.45) is 0 Å². The summed E-state index contributed by atoms with van der Waals surface area (Å²) in [5, 5.41) is 9.19.